The topological polar surface area (TPSA) is 30.3 Å². The van der Waals surface area contributed by atoms with Crippen LogP contribution in [0.5, 0.6) is 0 Å². The second-order valence-electron chi connectivity index (χ2n) is 9.38. The van der Waals surface area contributed by atoms with E-state index in [0.29, 0.717) is 6.61 Å². The second kappa shape index (κ2) is 7.68. The molecular weight excluding hydrogens is 358 g/mol. The van der Waals surface area contributed by atoms with Crippen molar-refractivity contribution in [1.29, 1.82) is 0 Å². The van der Waals surface area contributed by atoms with Crippen molar-refractivity contribution in [2.45, 2.75) is 40.7 Å². The highest BCUT2D eigenvalue weighted by atomic mass is 16.5. The molecule has 1 aliphatic rings. The fourth-order valence-electron chi connectivity index (χ4n) is 3.91. The van der Waals surface area contributed by atoms with Crippen LogP contribution in [0.1, 0.15) is 43.2 Å². The van der Waals surface area contributed by atoms with Gasteiger partial charge in [0.05, 0.1) is 18.3 Å². The van der Waals surface area contributed by atoms with Gasteiger partial charge in [0, 0.05) is 48.5 Å². The van der Waals surface area contributed by atoms with Crippen molar-refractivity contribution in [2.24, 2.45) is 5.41 Å². The molecule has 0 amide bonds. The first-order chi connectivity index (χ1) is 13.8. The van der Waals surface area contributed by atoms with Crippen molar-refractivity contribution in [1.82, 2.24) is 14.5 Å². The molecule has 0 fully saturated rings. The van der Waals surface area contributed by atoms with E-state index in [1.807, 2.05) is 24.5 Å². The summed E-state index contributed by atoms with van der Waals surface area (Å²) in [4.78, 5) is 6.58. The standard InChI is InChI=1S/C25H31N3O/c1-18-6-7-22-20(14-18)21-15-27(5)13-10-23(21)28(22)16-24(29-17-25(2,3)4)19-8-11-26-12-9-19/h6-9,11-12,14,16H,10,13,15,17H2,1-5H3/b24-16-. The molecule has 0 aliphatic carbocycles. The number of nitrogens with zero attached hydrogens (tertiary/aromatic N) is 3. The third-order valence-corrected chi connectivity index (χ3v) is 5.41. The first-order valence-electron chi connectivity index (χ1n) is 10.4. The van der Waals surface area contributed by atoms with Crippen molar-refractivity contribution in [3.05, 3.63) is 65.1 Å². The van der Waals surface area contributed by atoms with E-state index in [9.17, 15) is 0 Å². The number of hydrogen-bond donors (Lipinski definition) is 0. The van der Waals surface area contributed by atoms with Gasteiger partial charge in [0.15, 0.2) is 0 Å². The van der Waals surface area contributed by atoms with E-state index in [1.54, 1.807) is 0 Å². The summed E-state index contributed by atoms with van der Waals surface area (Å²) in [5.41, 5.74) is 6.53. The number of pyridine rings is 1. The molecule has 0 N–H and O–H groups in total. The Labute approximate surface area is 173 Å². The minimum atomic E-state index is 0.0874. The van der Waals surface area contributed by atoms with E-state index in [1.165, 1.54) is 27.7 Å². The number of hydrogen-bond acceptors (Lipinski definition) is 3. The minimum Gasteiger partial charge on any atom is -0.491 e. The van der Waals surface area contributed by atoms with Gasteiger partial charge in [-0.25, -0.2) is 0 Å². The summed E-state index contributed by atoms with van der Waals surface area (Å²) in [5, 5.41) is 1.35. The van der Waals surface area contributed by atoms with Crippen molar-refractivity contribution < 1.29 is 4.74 Å². The second-order valence-corrected chi connectivity index (χ2v) is 9.38. The molecule has 2 aromatic heterocycles. The Morgan fingerprint density at radius 1 is 1.17 bits per heavy atom. The lowest BCUT2D eigenvalue weighted by Crippen LogP contribution is -2.26. The number of ether oxygens (including phenoxy) is 1. The van der Waals surface area contributed by atoms with Crippen molar-refractivity contribution in [3.63, 3.8) is 0 Å². The highest BCUT2D eigenvalue weighted by Gasteiger charge is 2.22. The average Bonchev–Trinajstić information content (AvgIpc) is 2.97. The molecule has 0 saturated carbocycles. The Morgan fingerprint density at radius 3 is 2.66 bits per heavy atom. The summed E-state index contributed by atoms with van der Waals surface area (Å²) in [6, 6.07) is 10.8. The maximum Gasteiger partial charge on any atom is 0.143 e. The maximum atomic E-state index is 6.35. The smallest absolute Gasteiger partial charge is 0.143 e. The summed E-state index contributed by atoms with van der Waals surface area (Å²) in [7, 11) is 2.20. The van der Waals surface area contributed by atoms with Gasteiger partial charge in [-0.05, 0) is 49.2 Å². The molecule has 0 radical (unpaired) electrons. The predicted molar refractivity (Wildman–Crippen MR) is 121 cm³/mol. The van der Waals surface area contributed by atoms with Crippen LogP contribution in [0.4, 0.5) is 0 Å². The SMILES string of the molecule is Cc1ccc2c(c1)c1c(n2/C=C(\OCC(C)(C)C)c2ccncc2)CCN(C)C1. The Hall–Kier alpha value is -2.59. The third kappa shape index (κ3) is 4.23. The van der Waals surface area contributed by atoms with E-state index in [2.05, 4.69) is 73.6 Å². The molecule has 29 heavy (non-hydrogen) atoms. The molecule has 0 atom stereocenters. The Balaban J connectivity index is 1.88. The van der Waals surface area contributed by atoms with Gasteiger partial charge in [0.25, 0.3) is 0 Å². The van der Waals surface area contributed by atoms with Crippen molar-refractivity contribution >= 4 is 22.9 Å². The highest BCUT2D eigenvalue weighted by molar-refractivity contribution is 5.90. The largest absolute Gasteiger partial charge is 0.491 e. The monoisotopic (exact) mass is 389 g/mol. The lowest BCUT2D eigenvalue weighted by atomic mass is 9.98. The molecule has 3 aromatic rings. The number of aromatic nitrogens is 2. The number of benzene rings is 1. The van der Waals surface area contributed by atoms with E-state index >= 15 is 0 Å². The minimum absolute atomic E-state index is 0.0874. The van der Waals surface area contributed by atoms with Crippen LogP contribution in [-0.2, 0) is 17.7 Å². The molecule has 4 heteroatoms. The number of rotatable bonds is 4. The maximum absolute atomic E-state index is 6.35. The lowest BCUT2D eigenvalue weighted by molar-refractivity contribution is 0.171. The molecule has 0 bridgehead atoms. The fraction of sp³-hybridized carbons (Fsp3) is 0.400. The van der Waals surface area contributed by atoms with E-state index < -0.39 is 0 Å². The molecule has 1 aliphatic heterocycles. The van der Waals surface area contributed by atoms with E-state index in [4.69, 9.17) is 4.74 Å². The molecule has 0 spiro atoms. The van der Waals surface area contributed by atoms with Gasteiger partial charge >= 0.3 is 0 Å². The number of fused-ring (bicyclic) bond motifs is 3. The lowest BCUT2D eigenvalue weighted by Gasteiger charge is -2.24. The highest BCUT2D eigenvalue weighted by Crippen LogP contribution is 2.33. The Bertz CT molecular complexity index is 1040. The molecule has 0 unspecified atom stereocenters. The molecule has 4 rings (SSSR count). The van der Waals surface area contributed by atoms with Gasteiger partial charge in [-0.3, -0.25) is 4.98 Å². The summed E-state index contributed by atoms with van der Waals surface area (Å²) < 4.78 is 8.71. The third-order valence-electron chi connectivity index (χ3n) is 5.41. The quantitative estimate of drug-likeness (QED) is 0.564. The van der Waals surface area contributed by atoms with Crippen LogP contribution >= 0.6 is 0 Å². The Morgan fingerprint density at radius 2 is 1.93 bits per heavy atom. The van der Waals surface area contributed by atoms with Crippen LogP contribution in [0.3, 0.4) is 0 Å². The fourth-order valence-corrected chi connectivity index (χ4v) is 3.91. The number of aryl methyl sites for hydroxylation is 1. The molecule has 152 valence electrons. The molecule has 3 heterocycles. The number of likely N-dealkylation sites (N-methyl/N-ethyl adjacent to an activating group) is 1. The predicted octanol–water partition coefficient (Wildman–Crippen LogP) is 5.35. The average molecular weight is 390 g/mol. The van der Waals surface area contributed by atoms with Gasteiger partial charge < -0.3 is 14.2 Å². The van der Waals surface area contributed by atoms with E-state index in [0.717, 1.165) is 30.8 Å². The van der Waals surface area contributed by atoms with Crippen LogP contribution in [0, 0.1) is 12.3 Å². The van der Waals surface area contributed by atoms with Crippen molar-refractivity contribution in [2.75, 3.05) is 20.2 Å². The Kier molecular flexibility index (Phi) is 5.22. The van der Waals surface area contributed by atoms with Gasteiger partial charge in [-0.15, -0.1) is 0 Å². The van der Waals surface area contributed by atoms with Crippen molar-refractivity contribution in [3.8, 4) is 0 Å². The van der Waals surface area contributed by atoms with Crippen LogP contribution in [0.2, 0.25) is 0 Å². The molecule has 1 aromatic carbocycles. The van der Waals surface area contributed by atoms with Crippen LogP contribution in [0.25, 0.3) is 22.9 Å². The van der Waals surface area contributed by atoms with Gasteiger partial charge in [-0.2, -0.15) is 0 Å². The van der Waals surface area contributed by atoms with Crippen LogP contribution in [-0.4, -0.2) is 34.7 Å². The normalized spacial score (nSPS) is 15.6. The molecule has 0 saturated heterocycles. The summed E-state index contributed by atoms with van der Waals surface area (Å²) in [6.45, 7) is 11.5. The molecular formula is C25H31N3O. The molecule has 4 nitrogen and oxygen atoms in total. The van der Waals surface area contributed by atoms with E-state index in [-0.39, 0.29) is 5.41 Å². The summed E-state index contributed by atoms with van der Waals surface area (Å²) in [6.07, 6.45) is 6.87. The first-order valence-corrected chi connectivity index (χ1v) is 10.4. The summed E-state index contributed by atoms with van der Waals surface area (Å²) in [5.74, 6) is 0.890. The summed E-state index contributed by atoms with van der Waals surface area (Å²) >= 11 is 0. The van der Waals surface area contributed by atoms with Gasteiger partial charge in [-0.1, -0.05) is 32.4 Å². The zero-order valence-electron chi connectivity index (χ0n) is 18.2. The zero-order chi connectivity index (χ0) is 20.6. The van der Waals surface area contributed by atoms with Crippen LogP contribution in [0.15, 0.2) is 42.7 Å². The van der Waals surface area contributed by atoms with Gasteiger partial charge in [0.2, 0.25) is 0 Å². The zero-order valence-corrected chi connectivity index (χ0v) is 18.2. The van der Waals surface area contributed by atoms with Gasteiger partial charge in [0.1, 0.15) is 5.76 Å². The van der Waals surface area contributed by atoms with Crippen LogP contribution < -0.4 is 0 Å². The first kappa shape index (κ1) is 19.7.